The number of halogens is 3. The third-order valence-corrected chi connectivity index (χ3v) is 7.97. The average molecular weight is 446 g/mol. The molecule has 2 aromatic carbocycles. The molecular formula is C18H15BrClFO3S. The van der Waals surface area contributed by atoms with Gasteiger partial charge in [0.25, 0.3) is 0 Å². The van der Waals surface area contributed by atoms with E-state index in [0.717, 1.165) is 0 Å². The molecule has 1 aliphatic carbocycles. The van der Waals surface area contributed by atoms with Crippen LogP contribution in [-0.2, 0) is 19.4 Å². The van der Waals surface area contributed by atoms with Gasteiger partial charge in [0.15, 0.2) is 9.84 Å². The lowest BCUT2D eigenvalue weighted by Gasteiger charge is -2.37. The molecule has 3 rings (SSSR count). The molecule has 2 aromatic rings. The van der Waals surface area contributed by atoms with Gasteiger partial charge in [0.2, 0.25) is 0 Å². The van der Waals surface area contributed by atoms with Crippen LogP contribution in [0.2, 0.25) is 5.02 Å². The Labute approximate surface area is 159 Å². The largest absolute Gasteiger partial charge is 0.300 e. The van der Waals surface area contributed by atoms with Crippen molar-refractivity contribution < 1.29 is 17.6 Å². The molecule has 0 unspecified atom stereocenters. The second-order valence-electron chi connectivity index (χ2n) is 6.11. The first kappa shape index (κ1) is 18.5. The van der Waals surface area contributed by atoms with Crippen LogP contribution in [0.15, 0.2) is 51.8 Å². The van der Waals surface area contributed by atoms with Gasteiger partial charge >= 0.3 is 0 Å². The fourth-order valence-corrected chi connectivity index (χ4v) is 5.92. The fraction of sp³-hybridized carbons (Fsp3) is 0.278. The van der Waals surface area contributed by atoms with Crippen LogP contribution < -0.4 is 0 Å². The summed E-state index contributed by atoms with van der Waals surface area (Å²) in [6.45, 7) is 0. The molecule has 0 bridgehead atoms. The van der Waals surface area contributed by atoms with Crippen LogP contribution in [0.5, 0.6) is 0 Å². The van der Waals surface area contributed by atoms with Gasteiger partial charge in [0, 0.05) is 27.9 Å². The van der Waals surface area contributed by atoms with Crippen LogP contribution in [0.3, 0.4) is 0 Å². The van der Waals surface area contributed by atoms with E-state index in [9.17, 15) is 17.6 Å². The highest BCUT2D eigenvalue weighted by molar-refractivity contribution is 9.10. The van der Waals surface area contributed by atoms with Crippen molar-refractivity contribution in [3.8, 4) is 0 Å². The maximum atomic E-state index is 14.6. The molecule has 132 valence electrons. The Hall–Kier alpha value is -1.24. The molecule has 0 aliphatic heterocycles. The Morgan fingerprint density at radius 1 is 1.04 bits per heavy atom. The quantitative estimate of drug-likeness (QED) is 0.664. The molecule has 7 heteroatoms. The number of carbonyl (C=O) groups excluding carboxylic acids is 1. The average Bonchev–Trinajstić information content (AvgIpc) is 2.58. The number of hydrogen-bond donors (Lipinski definition) is 0. The Balaban J connectivity index is 2.23. The molecular weight excluding hydrogens is 431 g/mol. The van der Waals surface area contributed by atoms with Gasteiger partial charge in [0.1, 0.15) is 16.3 Å². The number of sulfone groups is 1. The minimum atomic E-state index is -3.93. The maximum absolute atomic E-state index is 14.6. The van der Waals surface area contributed by atoms with Crippen LogP contribution in [0.4, 0.5) is 4.39 Å². The van der Waals surface area contributed by atoms with Crippen LogP contribution in [0, 0.1) is 5.82 Å². The SMILES string of the molecule is O=C1CCC(c2cc(Br)ccc2F)(S(=O)(=O)c2ccc(Cl)cc2)CC1. The summed E-state index contributed by atoms with van der Waals surface area (Å²) < 4.78 is 40.6. The summed E-state index contributed by atoms with van der Waals surface area (Å²) >= 11 is 9.14. The molecule has 0 amide bonds. The topological polar surface area (TPSA) is 51.2 Å². The second-order valence-corrected chi connectivity index (χ2v) is 9.73. The van der Waals surface area contributed by atoms with Gasteiger partial charge in [-0.05, 0) is 55.3 Å². The highest BCUT2D eigenvalue weighted by atomic mass is 79.9. The predicted molar refractivity (Wildman–Crippen MR) is 97.9 cm³/mol. The normalized spacial score (nSPS) is 17.5. The van der Waals surface area contributed by atoms with Gasteiger partial charge < -0.3 is 0 Å². The molecule has 1 fully saturated rings. The van der Waals surface area contributed by atoms with Crippen LogP contribution in [0.1, 0.15) is 31.2 Å². The van der Waals surface area contributed by atoms with Gasteiger partial charge in [-0.15, -0.1) is 0 Å². The summed E-state index contributed by atoms with van der Waals surface area (Å²) in [5.74, 6) is -0.590. The molecule has 0 heterocycles. The summed E-state index contributed by atoms with van der Waals surface area (Å²) in [5, 5.41) is 0.417. The van der Waals surface area contributed by atoms with Crippen molar-refractivity contribution in [2.75, 3.05) is 0 Å². The lowest BCUT2D eigenvalue weighted by molar-refractivity contribution is -0.120. The number of ketones is 1. The van der Waals surface area contributed by atoms with E-state index in [4.69, 9.17) is 11.6 Å². The van der Waals surface area contributed by atoms with Crippen molar-refractivity contribution in [2.45, 2.75) is 35.3 Å². The van der Waals surface area contributed by atoms with Crippen molar-refractivity contribution in [1.29, 1.82) is 0 Å². The zero-order valence-electron chi connectivity index (χ0n) is 13.1. The lowest BCUT2D eigenvalue weighted by Crippen LogP contribution is -2.40. The van der Waals surface area contributed by atoms with E-state index < -0.39 is 20.4 Å². The number of Topliss-reactive ketones (excluding diaryl/α,β-unsaturated/α-hetero) is 1. The second kappa shape index (κ2) is 6.82. The maximum Gasteiger partial charge on any atom is 0.188 e. The van der Waals surface area contributed by atoms with E-state index in [2.05, 4.69) is 15.9 Å². The number of hydrogen-bond acceptors (Lipinski definition) is 3. The Morgan fingerprint density at radius 2 is 1.64 bits per heavy atom. The van der Waals surface area contributed by atoms with E-state index in [-0.39, 0.29) is 41.9 Å². The minimum absolute atomic E-state index is 0.00247. The lowest BCUT2D eigenvalue weighted by atomic mass is 9.82. The first-order chi connectivity index (χ1) is 11.8. The standard InChI is InChI=1S/C18H15BrClFO3S/c19-12-1-6-17(21)16(11-12)18(9-7-14(22)8-10-18)25(23,24)15-4-2-13(20)3-5-15/h1-6,11H,7-10H2. The van der Waals surface area contributed by atoms with Crippen LogP contribution in [-0.4, -0.2) is 14.2 Å². The molecule has 0 aromatic heterocycles. The number of rotatable bonds is 3. The van der Waals surface area contributed by atoms with E-state index in [1.54, 1.807) is 0 Å². The van der Waals surface area contributed by atoms with Gasteiger partial charge in [-0.2, -0.15) is 0 Å². The van der Waals surface area contributed by atoms with Crippen molar-refractivity contribution >= 4 is 43.2 Å². The first-order valence-corrected chi connectivity index (χ1v) is 10.4. The van der Waals surface area contributed by atoms with E-state index in [0.29, 0.717) is 9.50 Å². The highest BCUT2D eigenvalue weighted by Crippen LogP contribution is 2.47. The zero-order valence-corrected chi connectivity index (χ0v) is 16.3. The summed E-state index contributed by atoms with van der Waals surface area (Å²) in [6, 6.07) is 10.1. The Kier molecular flexibility index (Phi) is 5.06. The molecule has 0 saturated heterocycles. The molecule has 0 N–H and O–H groups in total. The molecule has 3 nitrogen and oxygen atoms in total. The van der Waals surface area contributed by atoms with Gasteiger partial charge in [-0.3, -0.25) is 4.79 Å². The molecule has 1 aliphatic rings. The molecule has 0 atom stereocenters. The molecule has 0 spiro atoms. The van der Waals surface area contributed by atoms with Crippen LogP contribution in [0.25, 0.3) is 0 Å². The summed E-state index contributed by atoms with van der Waals surface area (Å²) in [5.41, 5.74) is 0.101. The number of carbonyl (C=O) groups is 1. The van der Waals surface area contributed by atoms with Crippen molar-refractivity contribution in [3.05, 3.63) is 63.3 Å². The van der Waals surface area contributed by atoms with E-state index in [1.807, 2.05) is 0 Å². The molecule has 0 radical (unpaired) electrons. The summed E-state index contributed by atoms with van der Waals surface area (Å²) in [7, 11) is -3.93. The zero-order chi connectivity index (χ0) is 18.2. The monoisotopic (exact) mass is 444 g/mol. The summed E-state index contributed by atoms with van der Waals surface area (Å²) in [6.07, 6.45) is 0.339. The fourth-order valence-electron chi connectivity index (χ4n) is 3.30. The minimum Gasteiger partial charge on any atom is -0.300 e. The Bertz CT molecular complexity index is 916. The summed E-state index contributed by atoms with van der Waals surface area (Å²) in [4.78, 5) is 11.8. The van der Waals surface area contributed by atoms with Crippen molar-refractivity contribution in [1.82, 2.24) is 0 Å². The third kappa shape index (κ3) is 3.27. The van der Waals surface area contributed by atoms with Gasteiger partial charge in [-0.25, -0.2) is 12.8 Å². The highest BCUT2D eigenvalue weighted by Gasteiger charge is 2.49. The third-order valence-electron chi connectivity index (χ3n) is 4.67. The number of benzene rings is 2. The van der Waals surface area contributed by atoms with Gasteiger partial charge in [-0.1, -0.05) is 27.5 Å². The van der Waals surface area contributed by atoms with E-state index in [1.165, 1.54) is 42.5 Å². The van der Waals surface area contributed by atoms with Crippen LogP contribution >= 0.6 is 27.5 Å². The van der Waals surface area contributed by atoms with E-state index >= 15 is 0 Å². The van der Waals surface area contributed by atoms with Gasteiger partial charge in [0.05, 0.1) is 4.90 Å². The smallest absolute Gasteiger partial charge is 0.188 e. The van der Waals surface area contributed by atoms with Crippen molar-refractivity contribution in [3.63, 3.8) is 0 Å². The molecule has 1 saturated carbocycles. The first-order valence-electron chi connectivity index (χ1n) is 7.74. The van der Waals surface area contributed by atoms with Crippen molar-refractivity contribution in [2.24, 2.45) is 0 Å². The Morgan fingerprint density at radius 3 is 2.24 bits per heavy atom. The predicted octanol–water partition coefficient (Wildman–Crippen LogP) is 5.05. The molecule has 25 heavy (non-hydrogen) atoms.